The first kappa shape index (κ1) is 18.7. The average Bonchev–Trinajstić information content (AvgIpc) is 2.60. The van der Waals surface area contributed by atoms with Gasteiger partial charge in [0.15, 0.2) is 0 Å². The zero-order chi connectivity index (χ0) is 18.7. The number of pyridine rings is 1. The van der Waals surface area contributed by atoms with Crippen LogP contribution >= 0.6 is 0 Å². The molecule has 1 aliphatic heterocycles. The number of hydrogen-bond acceptors (Lipinski definition) is 4. The van der Waals surface area contributed by atoms with Crippen molar-refractivity contribution in [1.29, 1.82) is 0 Å². The molecule has 26 heavy (non-hydrogen) atoms. The second-order valence-corrected chi connectivity index (χ2v) is 7.62. The molecule has 4 heteroatoms. The third kappa shape index (κ3) is 3.69. The van der Waals surface area contributed by atoms with Gasteiger partial charge in [0.2, 0.25) is 0 Å². The molecule has 1 aliphatic rings. The van der Waals surface area contributed by atoms with Gasteiger partial charge in [-0.25, -0.2) is 4.79 Å². The van der Waals surface area contributed by atoms with E-state index in [1.54, 1.807) is 0 Å². The Kier molecular flexibility index (Phi) is 5.80. The van der Waals surface area contributed by atoms with Crippen LogP contribution in [0, 0.1) is 11.8 Å². The van der Waals surface area contributed by atoms with Crippen LogP contribution in [0.15, 0.2) is 24.3 Å². The zero-order valence-electron chi connectivity index (χ0n) is 16.4. The van der Waals surface area contributed by atoms with Gasteiger partial charge in [0.1, 0.15) is 5.56 Å². The Bertz CT molecular complexity index is 777. The summed E-state index contributed by atoms with van der Waals surface area (Å²) in [5.41, 5.74) is 3.53. The van der Waals surface area contributed by atoms with Crippen LogP contribution < -0.4 is 4.90 Å². The summed E-state index contributed by atoms with van der Waals surface area (Å²) < 4.78 is 5.44. The van der Waals surface area contributed by atoms with Gasteiger partial charge in [0, 0.05) is 18.5 Å². The van der Waals surface area contributed by atoms with Gasteiger partial charge in [0.25, 0.3) is 0 Å². The van der Waals surface area contributed by atoms with Crippen LogP contribution in [0.4, 0.5) is 5.69 Å². The first-order chi connectivity index (χ1) is 12.5. The Labute approximate surface area is 156 Å². The standard InChI is InChI=1S/C22H30N2O2/c1-5-9-19-20(22(25)26-6-2)21(17-10-7-8-11-18(17)23-19)24-13-15(3)12-16(4)14-24/h7-8,10-11,15-16H,5-6,9,12-14H2,1-4H3. The summed E-state index contributed by atoms with van der Waals surface area (Å²) in [6.07, 6.45) is 2.96. The number of rotatable bonds is 5. The maximum atomic E-state index is 12.9. The normalized spacial score (nSPS) is 20.4. The largest absolute Gasteiger partial charge is 0.462 e. The van der Waals surface area contributed by atoms with Crippen LogP contribution in [0.1, 0.15) is 56.6 Å². The summed E-state index contributed by atoms with van der Waals surface area (Å²) in [4.78, 5) is 20.2. The number of fused-ring (bicyclic) bond motifs is 1. The van der Waals surface area contributed by atoms with Gasteiger partial charge in [-0.1, -0.05) is 45.4 Å². The number of para-hydroxylation sites is 1. The zero-order valence-corrected chi connectivity index (χ0v) is 16.4. The molecule has 2 heterocycles. The van der Waals surface area contributed by atoms with E-state index in [0.29, 0.717) is 24.0 Å². The van der Waals surface area contributed by atoms with Crippen LogP contribution in [0.3, 0.4) is 0 Å². The lowest BCUT2D eigenvalue weighted by atomic mass is 9.90. The number of aromatic nitrogens is 1. The molecule has 1 saturated heterocycles. The molecule has 1 aromatic carbocycles. The molecule has 0 amide bonds. The predicted octanol–water partition coefficient (Wildman–Crippen LogP) is 4.85. The number of ether oxygens (including phenoxy) is 1. The number of esters is 1. The minimum Gasteiger partial charge on any atom is -0.462 e. The first-order valence-corrected chi connectivity index (χ1v) is 9.88. The molecule has 3 rings (SSSR count). The minimum atomic E-state index is -0.241. The van der Waals surface area contributed by atoms with E-state index in [2.05, 4.69) is 31.7 Å². The monoisotopic (exact) mass is 354 g/mol. The highest BCUT2D eigenvalue weighted by Gasteiger charge is 2.29. The van der Waals surface area contributed by atoms with E-state index < -0.39 is 0 Å². The smallest absolute Gasteiger partial charge is 0.342 e. The number of carbonyl (C=O) groups is 1. The molecule has 140 valence electrons. The SMILES string of the molecule is CCCc1nc2ccccc2c(N2CC(C)CC(C)C2)c1C(=O)OCC. The molecule has 1 aromatic heterocycles. The predicted molar refractivity (Wildman–Crippen MR) is 107 cm³/mol. The number of nitrogens with zero attached hydrogens (tertiary/aromatic N) is 2. The maximum absolute atomic E-state index is 12.9. The van der Waals surface area contributed by atoms with Gasteiger partial charge < -0.3 is 9.64 Å². The molecular weight excluding hydrogens is 324 g/mol. The molecule has 0 saturated carbocycles. The van der Waals surface area contributed by atoms with Crippen LogP contribution in [-0.4, -0.2) is 30.6 Å². The second kappa shape index (κ2) is 8.07. The maximum Gasteiger partial charge on any atom is 0.342 e. The molecule has 0 N–H and O–H groups in total. The number of carbonyl (C=O) groups excluding carboxylic acids is 1. The van der Waals surface area contributed by atoms with Crippen molar-refractivity contribution in [1.82, 2.24) is 4.98 Å². The van der Waals surface area contributed by atoms with Crippen molar-refractivity contribution in [3.63, 3.8) is 0 Å². The molecule has 4 nitrogen and oxygen atoms in total. The van der Waals surface area contributed by atoms with E-state index in [0.717, 1.165) is 48.2 Å². The van der Waals surface area contributed by atoms with Crippen molar-refractivity contribution in [2.75, 3.05) is 24.6 Å². The van der Waals surface area contributed by atoms with Gasteiger partial charge in [-0.2, -0.15) is 0 Å². The summed E-state index contributed by atoms with van der Waals surface area (Å²) in [7, 11) is 0. The molecule has 0 spiro atoms. The lowest BCUT2D eigenvalue weighted by molar-refractivity contribution is 0.0525. The Balaban J connectivity index is 2.25. The number of anilines is 1. The van der Waals surface area contributed by atoms with Gasteiger partial charge in [0.05, 0.1) is 23.5 Å². The van der Waals surface area contributed by atoms with Crippen molar-refractivity contribution in [3.05, 3.63) is 35.5 Å². The highest BCUT2D eigenvalue weighted by atomic mass is 16.5. The van der Waals surface area contributed by atoms with Crippen LogP contribution in [0.2, 0.25) is 0 Å². The quantitative estimate of drug-likeness (QED) is 0.720. The molecule has 2 aromatic rings. The molecule has 2 unspecified atom stereocenters. The second-order valence-electron chi connectivity index (χ2n) is 7.62. The van der Waals surface area contributed by atoms with E-state index in [-0.39, 0.29) is 5.97 Å². The van der Waals surface area contributed by atoms with Gasteiger partial charge >= 0.3 is 5.97 Å². The van der Waals surface area contributed by atoms with E-state index >= 15 is 0 Å². The fourth-order valence-electron chi connectivity index (χ4n) is 4.25. The summed E-state index contributed by atoms with van der Waals surface area (Å²) in [5, 5.41) is 1.05. The third-order valence-electron chi connectivity index (χ3n) is 5.09. The van der Waals surface area contributed by atoms with Crippen molar-refractivity contribution in [3.8, 4) is 0 Å². The molecule has 2 atom stereocenters. The highest BCUT2D eigenvalue weighted by Crippen LogP contribution is 2.36. The minimum absolute atomic E-state index is 0.241. The fourth-order valence-corrected chi connectivity index (χ4v) is 4.25. The summed E-state index contributed by atoms with van der Waals surface area (Å²) in [6.45, 7) is 10.9. The average molecular weight is 354 g/mol. The topological polar surface area (TPSA) is 42.4 Å². The number of piperidine rings is 1. The molecule has 1 fully saturated rings. The van der Waals surface area contributed by atoms with E-state index in [9.17, 15) is 4.79 Å². The molecule has 0 radical (unpaired) electrons. The molecular formula is C22H30N2O2. The molecule has 0 bridgehead atoms. The lowest BCUT2D eigenvalue weighted by Crippen LogP contribution is -2.40. The van der Waals surface area contributed by atoms with Gasteiger partial charge in [-0.05, 0) is 37.7 Å². The summed E-state index contributed by atoms with van der Waals surface area (Å²) in [5.74, 6) is 0.973. The van der Waals surface area contributed by atoms with Crippen LogP contribution in [0.25, 0.3) is 10.9 Å². The van der Waals surface area contributed by atoms with E-state index in [1.807, 2.05) is 25.1 Å². The Hall–Kier alpha value is -2.10. The summed E-state index contributed by atoms with van der Waals surface area (Å²) in [6, 6.07) is 8.17. The fraction of sp³-hybridized carbons (Fsp3) is 0.545. The van der Waals surface area contributed by atoms with E-state index in [1.165, 1.54) is 6.42 Å². The van der Waals surface area contributed by atoms with Crippen molar-refractivity contribution >= 4 is 22.6 Å². The number of benzene rings is 1. The summed E-state index contributed by atoms with van der Waals surface area (Å²) >= 11 is 0. The van der Waals surface area contributed by atoms with Crippen LogP contribution in [0.5, 0.6) is 0 Å². The molecule has 0 aliphatic carbocycles. The van der Waals surface area contributed by atoms with Crippen molar-refractivity contribution < 1.29 is 9.53 Å². The Morgan fingerprint density at radius 2 is 1.88 bits per heavy atom. The van der Waals surface area contributed by atoms with E-state index in [4.69, 9.17) is 9.72 Å². The van der Waals surface area contributed by atoms with Gasteiger partial charge in [-0.3, -0.25) is 4.98 Å². The number of hydrogen-bond donors (Lipinski definition) is 0. The van der Waals surface area contributed by atoms with Crippen molar-refractivity contribution in [2.45, 2.75) is 47.0 Å². The first-order valence-electron chi connectivity index (χ1n) is 9.88. The van der Waals surface area contributed by atoms with Gasteiger partial charge in [-0.15, -0.1) is 0 Å². The van der Waals surface area contributed by atoms with Crippen molar-refractivity contribution in [2.24, 2.45) is 11.8 Å². The number of aryl methyl sites for hydroxylation is 1. The third-order valence-corrected chi connectivity index (χ3v) is 5.09. The highest BCUT2D eigenvalue weighted by molar-refractivity contribution is 6.06. The Morgan fingerprint density at radius 1 is 1.19 bits per heavy atom. The lowest BCUT2D eigenvalue weighted by Gasteiger charge is -2.38. The Morgan fingerprint density at radius 3 is 2.54 bits per heavy atom. The van der Waals surface area contributed by atoms with Crippen LogP contribution in [-0.2, 0) is 11.2 Å².